The highest BCUT2D eigenvalue weighted by Crippen LogP contribution is 2.30. The summed E-state index contributed by atoms with van der Waals surface area (Å²) in [5.74, 6) is 0.969. The molecule has 3 aromatic rings. The van der Waals surface area contributed by atoms with E-state index in [0.717, 1.165) is 40.7 Å². The maximum absolute atomic E-state index is 12.7. The SMILES string of the molecule is CC(NC(=O)c1cccc(-c2ccc3nc(N)nc(NC4CCCCC4)c3c2)c1)N(C)C. The number of anilines is 2. The van der Waals surface area contributed by atoms with Crippen LogP contribution in [0.5, 0.6) is 0 Å². The number of nitrogen functional groups attached to an aromatic ring is 1. The van der Waals surface area contributed by atoms with Crippen molar-refractivity contribution in [2.24, 2.45) is 0 Å². The van der Waals surface area contributed by atoms with Gasteiger partial charge in [0.2, 0.25) is 5.95 Å². The van der Waals surface area contributed by atoms with Crippen LogP contribution >= 0.6 is 0 Å². The minimum Gasteiger partial charge on any atom is -0.368 e. The van der Waals surface area contributed by atoms with Crippen LogP contribution in [-0.4, -0.2) is 47.1 Å². The van der Waals surface area contributed by atoms with Gasteiger partial charge in [0.05, 0.1) is 11.7 Å². The molecule has 7 heteroatoms. The molecule has 168 valence electrons. The first-order valence-electron chi connectivity index (χ1n) is 11.3. The second-order valence-corrected chi connectivity index (χ2v) is 8.84. The molecule has 1 saturated carbocycles. The van der Waals surface area contributed by atoms with Crippen molar-refractivity contribution in [1.82, 2.24) is 20.2 Å². The van der Waals surface area contributed by atoms with Crippen LogP contribution in [0.4, 0.5) is 11.8 Å². The van der Waals surface area contributed by atoms with Crippen molar-refractivity contribution in [3.05, 3.63) is 48.0 Å². The molecule has 2 aromatic carbocycles. The molecule has 0 radical (unpaired) electrons. The monoisotopic (exact) mass is 432 g/mol. The number of nitrogens with one attached hydrogen (secondary N) is 2. The number of fused-ring (bicyclic) bond motifs is 1. The standard InChI is InChI=1S/C25H32N6O/c1-16(31(2)3)27-24(32)19-9-7-8-17(14-19)18-12-13-22-21(15-18)23(30-25(26)29-22)28-20-10-5-4-6-11-20/h7-9,12-16,20H,4-6,10-11H2,1-3H3,(H,27,32)(H3,26,28,29,30). The van der Waals surface area contributed by atoms with Crippen LogP contribution in [0, 0.1) is 0 Å². The molecule has 4 N–H and O–H groups in total. The molecular formula is C25H32N6O. The summed E-state index contributed by atoms with van der Waals surface area (Å²) in [4.78, 5) is 23.6. The summed E-state index contributed by atoms with van der Waals surface area (Å²) in [6.45, 7) is 1.96. The summed E-state index contributed by atoms with van der Waals surface area (Å²) >= 11 is 0. The summed E-state index contributed by atoms with van der Waals surface area (Å²) < 4.78 is 0. The van der Waals surface area contributed by atoms with Crippen LogP contribution in [0.3, 0.4) is 0 Å². The van der Waals surface area contributed by atoms with Gasteiger partial charge in [0, 0.05) is 17.0 Å². The van der Waals surface area contributed by atoms with Crippen LogP contribution in [0.2, 0.25) is 0 Å². The smallest absolute Gasteiger partial charge is 0.252 e. The highest BCUT2D eigenvalue weighted by molar-refractivity contribution is 5.97. The topological polar surface area (TPSA) is 96.2 Å². The number of rotatable bonds is 6. The first-order valence-corrected chi connectivity index (χ1v) is 11.3. The molecule has 4 rings (SSSR count). The Morgan fingerprint density at radius 3 is 2.56 bits per heavy atom. The van der Waals surface area contributed by atoms with Crippen molar-refractivity contribution >= 4 is 28.6 Å². The van der Waals surface area contributed by atoms with Crippen LogP contribution in [0.1, 0.15) is 49.4 Å². The lowest BCUT2D eigenvalue weighted by molar-refractivity contribution is 0.0900. The lowest BCUT2D eigenvalue weighted by atomic mass is 9.95. The van der Waals surface area contributed by atoms with E-state index in [9.17, 15) is 4.79 Å². The van der Waals surface area contributed by atoms with Crippen LogP contribution in [0.25, 0.3) is 22.0 Å². The molecule has 1 aliphatic carbocycles. The second kappa shape index (κ2) is 9.53. The summed E-state index contributed by atoms with van der Waals surface area (Å²) in [7, 11) is 3.87. The van der Waals surface area contributed by atoms with Gasteiger partial charge in [-0.25, -0.2) is 4.98 Å². The Morgan fingerprint density at radius 1 is 1.06 bits per heavy atom. The van der Waals surface area contributed by atoms with Crippen molar-refractivity contribution < 1.29 is 4.79 Å². The van der Waals surface area contributed by atoms with Crippen LogP contribution < -0.4 is 16.4 Å². The number of carbonyl (C=O) groups is 1. The average Bonchev–Trinajstić information content (AvgIpc) is 2.79. The Kier molecular flexibility index (Phi) is 6.55. The number of carbonyl (C=O) groups excluding carboxylic acids is 1. The van der Waals surface area contributed by atoms with E-state index in [0.29, 0.717) is 11.6 Å². The molecule has 1 aliphatic rings. The highest BCUT2D eigenvalue weighted by atomic mass is 16.1. The van der Waals surface area contributed by atoms with Crippen molar-refractivity contribution in [2.75, 3.05) is 25.1 Å². The number of hydrogen-bond donors (Lipinski definition) is 3. The maximum Gasteiger partial charge on any atom is 0.252 e. The van der Waals surface area contributed by atoms with E-state index in [1.807, 2.05) is 62.3 Å². The van der Waals surface area contributed by atoms with E-state index >= 15 is 0 Å². The summed E-state index contributed by atoms with van der Waals surface area (Å²) in [6.07, 6.45) is 6.02. The van der Waals surface area contributed by atoms with E-state index in [-0.39, 0.29) is 18.0 Å². The number of nitrogens with two attached hydrogens (primary N) is 1. The van der Waals surface area contributed by atoms with E-state index in [1.54, 1.807) is 0 Å². The molecule has 1 amide bonds. The molecule has 0 bridgehead atoms. The van der Waals surface area contributed by atoms with Gasteiger partial charge in [-0.2, -0.15) is 4.98 Å². The van der Waals surface area contributed by atoms with Gasteiger partial charge in [-0.3, -0.25) is 9.69 Å². The molecule has 1 fully saturated rings. The molecule has 1 heterocycles. The first kappa shape index (κ1) is 22.0. The third-order valence-electron chi connectivity index (χ3n) is 6.23. The fourth-order valence-corrected chi connectivity index (χ4v) is 4.12. The molecule has 32 heavy (non-hydrogen) atoms. The molecular weight excluding hydrogens is 400 g/mol. The van der Waals surface area contributed by atoms with Gasteiger partial charge in [-0.05, 0) is 69.3 Å². The van der Waals surface area contributed by atoms with Gasteiger partial charge in [0.25, 0.3) is 5.91 Å². The Labute approximate surface area is 189 Å². The number of nitrogens with zero attached hydrogens (tertiary/aromatic N) is 3. The number of hydrogen-bond acceptors (Lipinski definition) is 6. The third-order valence-corrected chi connectivity index (χ3v) is 6.23. The fourth-order valence-electron chi connectivity index (χ4n) is 4.12. The van der Waals surface area contributed by atoms with Gasteiger partial charge in [0.15, 0.2) is 0 Å². The van der Waals surface area contributed by atoms with Gasteiger partial charge in [0.1, 0.15) is 5.82 Å². The van der Waals surface area contributed by atoms with Gasteiger partial charge in [-0.1, -0.05) is 37.5 Å². The van der Waals surface area contributed by atoms with Crippen LogP contribution in [0.15, 0.2) is 42.5 Å². The maximum atomic E-state index is 12.7. The van der Waals surface area contributed by atoms with Gasteiger partial charge in [-0.15, -0.1) is 0 Å². The second-order valence-electron chi connectivity index (χ2n) is 8.84. The summed E-state index contributed by atoms with van der Waals surface area (Å²) in [6, 6.07) is 14.2. The summed E-state index contributed by atoms with van der Waals surface area (Å²) in [5, 5.41) is 7.56. The lowest BCUT2D eigenvalue weighted by Crippen LogP contribution is -2.42. The Hall–Kier alpha value is -3.19. The van der Waals surface area contributed by atoms with Gasteiger partial charge >= 0.3 is 0 Å². The normalized spacial score (nSPS) is 15.6. The van der Waals surface area contributed by atoms with E-state index in [1.165, 1.54) is 19.3 Å². The lowest BCUT2D eigenvalue weighted by Gasteiger charge is -2.24. The quantitative estimate of drug-likeness (QED) is 0.504. The number of aromatic nitrogens is 2. The van der Waals surface area contributed by atoms with E-state index in [4.69, 9.17) is 5.73 Å². The molecule has 0 aliphatic heterocycles. The molecule has 0 saturated heterocycles. The molecule has 7 nitrogen and oxygen atoms in total. The fraction of sp³-hybridized carbons (Fsp3) is 0.400. The zero-order chi connectivity index (χ0) is 22.7. The molecule has 1 aromatic heterocycles. The number of benzene rings is 2. The highest BCUT2D eigenvalue weighted by Gasteiger charge is 2.17. The Morgan fingerprint density at radius 2 is 1.81 bits per heavy atom. The van der Waals surface area contributed by atoms with Crippen molar-refractivity contribution in [1.29, 1.82) is 0 Å². The average molecular weight is 433 g/mol. The molecule has 1 unspecified atom stereocenters. The zero-order valence-electron chi connectivity index (χ0n) is 19.1. The van der Waals surface area contributed by atoms with Gasteiger partial charge < -0.3 is 16.4 Å². The van der Waals surface area contributed by atoms with E-state index in [2.05, 4.69) is 26.7 Å². The largest absolute Gasteiger partial charge is 0.368 e. The Balaban J connectivity index is 1.65. The minimum atomic E-state index is -0.0930. The van der Waals surface area contributed by atoms with E-state index < -0.39 is 0 Å². The van der Waals surface area contributed by atoms with Crippen molar-refractivity contribution in [3.8, 4) is 11.1 Å². The molecule has 1 atom stereocenters. The van der Waals surface area contributed by atoms with Crippen molar-refractivity contribution in [2.45, 2.75) is 51.2 Å². The number of amides is 1. The predicted molar refractivity (Wildman–Crippen MR) is 130 cm³/mol. The third kappa shape index (κ3) is 4.99. The van der Waals surface area contributed by atoms with Crippen LogP contribution in [-0.2, 0) is 0 Å². The predicted octanol–water partition coefficient (Wildman–Crippen LogP) is 4.26. The summed E-state index contributed by atoms with van der Waals surface area (Å²) in [5.41, 5.74) is 9.40. The first-order chi connectivity index (χ1) is 15.4. The molecule has 0 spiro atoms. The van der Waals surface area contributed by atoms with Crippen molar-refractivity contribution in [3.63, 3.8) is 0 Å². The minimum absolute atomic E-state index is 0.0529. The zero-order valence-corrected chi connectivity index (χ0v) is 19.1. The Bertz CT molecular complexity index is 1110.